The lowest BCUT2D eigenvalue weighted by atomic mass is 9.98. The van der Waals surface area contributed by atoms with Gasteiger partial charge in [-0.15, -0.1) is 0 Å². The second kappa shape index (κ2) is 9.55. The molecule has 2 nitrogen and oxygen atoms in total. The molecule has 0 saturated heterocycles. The van der Waals surface area contributed by atoms with Gasteiger partial charge in [0.15, 0.2) is 0 Å². The van der Waals surface area contributed by atoms with Crippen LogP contribution in [-0.4, -0.2) is 30.3 Å². The van der Waals surface area contributed by atoms with Crippen LogP contribution in [-0.2, 0) is 4.79 Å². The molecule has 0 aromatic rings. The average Bonchev–Trinajstić information content (AvgIpc) is 2.58. The summed E-state index contributed by atoms with van der Waals surface area (Å²) in [4.78, 5) is 14.6. The fraction of sp³-hybridized carbons (Fsp3) is 0.938. The third-order valence-corrected chi connectivity index (χ3v) is 4.07. The number of hydrogen-bond donors (Lipinski definition) is 0. The molecule has 0 N–H and O–H groups in total. The third-order valence-electron chi connectivity index (χ3n) is 4.07. The SMILES string of the molecule is CCCCN(CCCC)CC1CCCCCC1=O. The van der Waals surface area contributed by atoms with Crippen molar-refractivity contribution in [3.63, 3.8) is 0 Å². The van der Waals surface area contributed by atoms with E-state index in [9.17, 15) is 4.79 Å². The molecule has 1 atom stereocenters. The maximum absolute atomic E-state index is 12.1. The number of Topliss-reactive ketones (excluding diaryl/α,β-unsaturated/α-hetero) is 1. The van der Waals surface area contributed by atoms with Crippen LogP contribution >= 0.6 is 0 Å². The van der Waals surface area contributed by atoms with Gasteiger partial charge in [-0.1, -0.05) is 39.5 Å². The highest BCUT2D eigenvalue weighted by atomic mass is 16.1. The lowest BCUT2D eigenvalue weighted by Gasteiger charge is -2.26. The van der Waals surface area contributed by atoms with Gasteiger partial charge in [0, 0.05) is 18.9 Å². The minimum absolute atomic E-state index is 0.334. The molecule has 0 radical (unpaired) electrons. The Labute approximate surface area is 113 Å². The van der Waals surface area contributed by atoms with Crippen LogP contribution in [0.4, 0.5) is 0 Å². The van der Waals surface area contributed by atoms with Crippen molar-refractivity contribution in [2.24, 2.45) is 5.92 Å². The van der Waals surface area contributed by atoms with E-state index < -0.39 is 0 Å². The summed E-state index contributed by atoms with van der Waals surface area (Å²) in [5, 5.41) is 0. The molecule has 0 aromatic heterocycles. The van der Waals surface area contributed by atoms with E-state index >= 15 is 0 Å². The van der Waals surface area contributed by atoms with Crippen molar-refractivity contribution in [1.29, 1.82) is 0 Å². The molecule has 1 rings (SSSR count). The Morgan fingerprint density at radius 2 is 1.72 bits per heavy atom. The Balaban J connectivity index is 2.42. The topological polar surface area (TPSA) is 20.3 Å². The molecule has 0 aliphatic heterocycles. The normalized spacial score (nSPS) is 21.3. The quantitative estimate of drug-likeness (QED) is 0.609. The predicted molar refractivity (Wildman–Crippen MR) is 77.8 cm³/mol. The molecule has 1 aliphatic carbocycles. The van der Waals surface area contributed by atoms with Crippen LogP contribution in [0.25, 0.3) is 0 Å². The van der Waals surface area contributed by atoms with Gasteiger partial charge in [-0.2, -0.15) is 0 Å². The van der Waals surface area contributed by atoms with Crippen molar-refractivity contribution in [3.05, 3.63) is 0 Å². The number of rotatable bonds is 8. The minimum atomic E-state index is 0.334. The molecule has 1 saturated carbocycles. The predicted octanol–water partition coefficient (Wildman–Crippen LogP) is 4.04. The summed E-state index contributed by atoms with van der Waals surface area (Å²) in [7, 11) is 0. The van der Waals surface area contributed by atoms with Crippen molar-refractivity contribution in [2.75, 3.05) is 19.6 Å². The van der Waals surface area contributed by atoms with Crippen molar-refractivity contribution in [2.45, 2.75) is 71.6 Å². The van der Waals surface area contributed by atoms with E-state index in [1.165, 1.54) is 51.6 Å². The van der Waals surface area contributed by atoms with Crippen LogP contribution in [0.1, 0.15) is 71.6 Å². The lowest BCUT2D eigenvalue weighted by molar-refractivity contribution is -0.123. The Hall–Kier alpha value is -0.370. The number of carbonyl (C=O) groups excluding carboxylic acids is 1. The zero-order valence-corrected chi connectivity index (χ0v) is 12.4. The molecule has 18 heavy (non-hydrogen) atoms. The van der Waals surface area contributed by atoms with Gasteiger partial charge in [-0.05, 0) is 38.8 Å². The second-order valence-electron chi connectivity index (χ2n) is 5.77. The second-order valence-corrected chi connectivity index (χ2v) is 5.77. The first-order valence-corrected chi connectivity index (χ1v) is 8.03. The smallest absolute Gasteiger partial charge is 0.137 e. The standard InChI is InChI=1S/C16H31NO/c1-3-5-12-17(13-6-4-2)14-15-10-8-7-9-11-16(15)18/h15H,3-14H2,1-2H3. The Morgan fingerprint density at radius 3 is 2.33 bits per heavy atom. The maximum atomic E-state index is 12.1. The van der Waals surface area contributed by atoms with E-state index in [0.717, 1.165) is 25.8 Å². The molecular weight excluding hydrogens is 222 g/mol. The summed E-state index contributed by atoms with van der Waals surface area (Å²) in [6.07, 6.45) is 10.6. The van der Waals surface area contributed by atoms with E-state index in [0.29, 0.717) is 11.7 Å². The molecule has 1 unspecified atom stereocenters. The van der Waals surface area contributed by atoms with Crippen molar-refractivity contribution >= 4 is 5.78 Å². The van der Waals surface area contributed by atoms with Gasteiger partial charge in [0.05, 0.1) is 0 Å². The first kappa shape index (κ1) is 15.7. The zero-order valence-electron chi connectivity index (χ0n) is 12.4. The first-order chi connectivity index (χ1) is 8.77. The van der Waals surface area contributed by atoms with Gasteiger partial charge >= 0.3 is 0 Å². The van der Waals surface area contributed by atoms with E-state index in [4.69, 9.17) is 0 Å². The van der Waals surface area contributed by atoms with Crippen LogP contribution in [0, 0.1) is 5.92 Å². The molecule has 1 fully saturated rings. The maximum Gasteiger partial charge on any atom is 0.137 e. The minimum Gasteiger partial charge on any atom is -0.303 e. The van der Waals surface area contributed by atoms with E-state index in [-0.39, 0.29) is 0 Å². The van der Waals surface area contributed by atoms with E-state index in [1.807, 2.05) is 0 Å². The fourth-order valence-corrected chi connectivity index (χ4v) is 2.79. The van der Waals surface area contributed by atoms with Crippen LogP contribution in [0.3, 0.4) is 0 Å². The van der Waals surface area contributed by atoms with Crippen molar-refractivity contribution in [1.82, 2.24) is 4.90 Å². The van der Waals surface area contributed by atoms with Gasteiger partial charge in [0.25, 0.3) is 0 Å². The van der Waals surface area contributed by atoms with Gasteiger partial charge in [0.2, 0.25) is 0 Å². The molecule has 0 amide bonds. The summed E-state index contributed by atoms with van der Waals surface area (Å²) in [5.41, 5.74) is 0. The van der Waals surface area contributed by atoms with Crippen LogP contribution in [0.5, 0.6) is 0 Å². The van der Waals surface area contributed by atoms with Crippen LogP contribution < -0.4 is 0 Å². The van der Waals surface area contributed by atoms with Gasteiger partial charge < -0.3 is 4.90 Å². The molecule has 2 heteroatoms. The molecular formula is C16H31NO. The van der Waals surface area contributed by atoms with Crippen molar-refractivity contribution in [3.8, 4) is 0 Å². The highest BCUT2D eigenvalue weighted by Crippen LogP contribution is 2.21. The molecule has 0 spiro atoms. The number of unbranched alkanes of at least 4 members (excludes halogenated alkanes) is 2. The van der Waals surface area contributed by atoms with E-state index in [1.54, 1.807) is 0 Å². The molecule has 106 valence electrons. The number of nitrogens with zero attached hydrogens (tertiary/aromatic N) is 1. The van der Waals surface area contributed by atoms with E-state index in [2.05, 4.69) is 18.7 Å². The fourth-order valence-electron chi connectivity index (χ4n) is 2.79. The highest BCUT2D eigenvalue weighted by Gasteiger charge is 2.22. The van der Waals surface area contributed by atoms with Crippen LogP contribution in [0.15, 0.2) is 0 Å². The van der Waals surface area contributed by atoms with Gasteiger partial charge in [0.1, 0.15) is 5.78 Å². The summed E-state index contributed by atoms with van der Waals surface area (Å²) in [6.45, 7) is 7.88. The molecule has 0 bridgehead atoms. The number of ketones is 1. The van der Waals surface area contributed by atoms with Gasteiger partial charge in [-0.3, -0.25) is 4.79 Å². The summed E-state index contributed by atoms with van der Waals surface area (Å²) >= 11 is 0. The monoisotopic (exact) mass is 253 g/mol. The molecule has 0 heterocycles. The van der Waals surface area contributed by atoms with Crippen LogP contribution in [0.2, 0.25) is 0 Å². The third kappa shape index (κ3) is 5.99. The Bertz CT molecular complexity index is 219. The summed E-state index contributed by atoms with van der Waals surface area (Å²) in [6, 6.07) is 0. The average molecular weight is 253 g/mol. The Kier molecular flexibility index (Phi) is 8.32. The highest BCUT2D eigenvalue weighted by molar-refractivity contribution is 5.81. The lowest BCUT2D eigenvalue weighted by Crippen LogP contribution is -2.34. The van der Waals surface area contributed by atoms with Gasteiger partial charge in [-0.25, -0.2) is 0 Å². The molecule has 0 aromatic carbocycles. The molecule has 1 aliphatic rings. The number of hydrogen-bond acceptors (Lipinski definition) is 2. The summed E-state index contributed by atoms with van der Waals surface area (Å²) < 4.78 is 0. The van der Waals surface area contributed by atoms with Crippen molar-refractivity contribution < 1.29 is 4.79 Å². The number of carbonyl (C=O) groups is 1. The zero-order chi connectivity index (χ0) is 13.2. The first-order valence-electron chi connectivity index (χ1n) is 8.03. The summed E-state index contributed by atoms with van der Waals surface area (Å²) in [5.74, 6) is 0.867. The Morgan fingerprint density at radius 1 is 1.06 bits per heavy atom. The largest absolute Gasteiger partial charge is 0.303 e.